The summed E-state index contributed by atoms with van der Waals surface area (Å²) in [5.74, 6) is -1.47. The summed E-state index contributed by atoms with van der Waals surface area (Å²) < 4.78 is 5.56. The second-order valence-electron chi connectivity index (χ2n) is 7.20. The Kier molecular flexibility index (Phi) is 5.34. The first-order valence-electron chi connectivity index (χ1n) is 9.57. The van der Waals surface area contributed by atoms with E-state index in [1.807, 2.05) is 91.0 Å². The average molecular weight is 370 g/mol. The van der Waals surface area contributed by atoms with Crippen molar-refractivity contribution in [3.05, 3.63) is 108 Å². The van der Waals surface area contributed by atoms with Crippen molar-refractivity contribution in [2.24, 2.45) is 5.92 Å². The van der Waals surface area contributed by atoms with Gasteiger partial charge in [-0.05, 0) is 22.6 Å². The third-order valence-corrected chi connectivity index (χ3v) is 5.45. The van der Waals surface area contributed by atoms with Crippen LogP contribution in [-0.2, 0) is 20.9 Å². The monoisotopic (exact) mass is 370 g/mol. The van der Waals surface area contributed by atoms with E-state index < -0.39 is 11.9 Å². The van der Waals surface area contributed by atoms with Gasteiger partial charge in [-0.1, -0.05) is 91.0 Å². The van der Waals surface area contributed by atoms with Gasteiger partial charge in [0.25, 0.3) is 0 Å². The number of esters is 1. The van der Waals surface area contributed by atoms with Crippen molar-refractivity contribution < 1.29 is 14.3 Å². The molecule has 4 rings (SSSR count). The van der Waals surface area contributed by atoms with Crippen molar-refractivity contribution in [2.45, 2.75) is 24.9 Å². The van der Waals surface area contributed by atoms with Gasteiger partial charge < -0.3 is 4.74 Å². The molecule has 140 valence electrons. The summed E-state index contributed by atoms with van der Waals surface area (Å²) in [5, 5.41) is 0. The number of ether oxygens (including phenoxy) is 1. The average Bonchev–Trinajstić information content (AvgIpc) is 3.11. The van der Waals surface area contributed by atoms with Crippen molar-refractivity contribution in [1.82, 2.24) is 0 Å². The molecule has 1 saturated carbocycles. The standard InChI is InChI=1S/C25H22O3/c26-22-16-21(19-12-6-2-7-13-19)23(20-14-8-3-9-15-20)24(22)25(27)28-17-18-10-4-1-5-11-18/h1-15,21,23-24H,16-17H2/t21-,23+,24-/m0/s1. The van der Waals surface area contributed by atoms with E-state index in [4.69, 9.17) is 4.74 Å². The molecule has 0 aliphatic heterocycles. The Bertz CT molecular complexity index is 935. The molecule has 0 radical (unpaired) electrons. The summed E-state index contributed by atoms with van der Waals surface area (Å²) in [6, 6.07) is 29.4. The third-order valence-electron chi connectivity index (χ3n) is 5.45. The highest BCUT2D eigenvalue weighted by Crippen LogP contribution is 2.48. The normalized spacial score (nSPS) is 21.4. The highest BCUT2D eigenvalue weighted by Gasteiger charge is 2.48. The molecular weight excluding hydrogens is 348 g/mol. The Morgan fingerprint density at radius 1 is 0.786 bits per heavy atom. The molecule has 3 aromatic rings. The third kappa shape index (κ3) is 3.74. The molecule has 0 amide bonds. The highest BCUT2D eigenvalue weighted by molar-refractivity contribution is 6.02. The van der Waals surface area contributed by atoms with E-state index in [-0.39, 0.29) is 24.2 Å². The number of hydrogen-bond donors (Lipinski definition) is 0. The molecule has 3 aromatic carbocycles. The molecule has 3 atom stereocenters. The molecule has 0 bridgehead atoms. The van der Waals surface area contributed by atoms with Crippen LogP contribution in [0.3, 0.4) is 0 Å². The van der Waals surface area contributed by atoms with Crippen molar-refractivity contribution in [1.29, 1.82) is 0 Å². The first-order valence-corrected chi connectivity index (χ1v) is 9.57. The van der Waals surface area contributed by atoms with Gasteiger partial charge >= 0.3 is 5.97 Å². The molecule has 0 saturated heterocycles. The van der Waals surface area contributed by atoms with Crippen LogP contribution >= 0.6 is 0 Å². The second kappa shape index (κ2) is 8.22. The van der Waals surface area contributed by atoms with Crippen LogP contribution in [0.1, 0.15) is 34.9 Å². The lowest BCUT2D eigenvalue weighted by Gasteiger charge is -2.24. The smallest absolute Gasteiger partial charge is 0.317 e. The van der Waals surface area contributed by atoms with Crippen LogP contribution < -0.4 is 0 Å². The molecule has 0 unspecified atom stereocenters. The minimum atomic E-state index is -0.767. The van der Waals surface area contributed by atoms with Gasteiger partial charge in [-0.2, -0.15) is 0 Å². The van der Waals surface area contributed by atoms with Gasteiger partial charge in [0.2, 0.25) is 0 Å². The Morgan fingerprint density at radius 3 is 1.93 bits per heavy atom. The zero-order valence-electron chi connectivity index (χ0n) is 15.5. The van der Waals surface area contributed by atoms with Gasteiger partial charge in [0.05, 0.1) is 0 Å². The summed E-state index contributed by atoms with van der Waals surface area (Å²) in [5.41, 5.74) is 3.00. The molecule has 0 N–H and O–H groups in total. The predicted molar refractivity (Wildman–Crippen MR) is 108 cm³/mol. The van der Waals surface area contributed by atoms with Crippen LogP contribution in [0.2, 0.25) is 0 Å². The Labute approximate surface area is 165 Å². The SMILES string of the molecule is O=C1C[C@@H](c2ccccc2)[C@@H](c2ccccc2)[C@H]1C(=O)OCc1ccccc1. The van der Waals surface area contributed by atoms with Gasteiger partial charge in [0.15, 0.2) is 0 Å². The summed E-state index contributed by atoms with van der Waals surface area (Å²) >= 11 is 0. The van der Waals surface area contributed by atoms with Crippen molar-refractivity contribution in [2.75, 3.05) is 0 Å². The summed E-state index contributed by atoms with van der Waals surface area (Å²) in [6.07, 6.45) is 0.356. The number of benzene rings is 3. The zero-order valence-corrected chi connectivity index (χ0v) is 15.5. The maximum atomic E-state index is 12.9. The Morgan fingerprint density at radius 2 is 1.32 bits per heavy atom. The molecule has 1 fully saturated rings. The molecular formula is C25H22O3. The van der Waals surface area contributed by atoms with Crippen LogP contribution in [0.4, 0.5) is 0 Å². The quantitative estimate of drug-likeness (QED) is 0.475. The van der Waals surface area contributed by atoms with E-state index in [1.165, 1.54) is 0 Å². The van der Waals surface area contributed by atoms with Crippen molar-refractivity contribution in [3.8, 4) is 0 Å². The van der Waals surface area contributed by atoms with Crippen molar-refractivity contribution in [3.63, 3.8) is 0 Å². The topological polar surface area (TPSA) is 43.4 Å². The molecule has 28 heavy (non-hydrogen) atoms. The van der Waals surface area contributed by atoms with Crippen LogP contribution in [0.15, 0.2) is 91.0 Å². The molecule has 1 aliphatic carbocycles. The largest absolute Gasteiger partial charge is 0.460 e. The van der Waals surface area contributed by atoms with E-state index in [1.54, 1.807) is 0 Å². The Hall–Kier alpha value is -3.20. The van der Waals surface area contributed by atoms with Crippen LogP contribution in [0, 0.1) is 5.92 Å². The molecule has 3 heteroatoms. The summed E-state index contributed by atoms with van der Waals surface area (Å²) in [6.45, 7) is 0.182. The maximum Gasteiger partial charge on any atom is 0.317 e. The molecule has 3 nitrogen and oxygen atoms in total. The fraction of sp³-hybridized carbons (Fsp3) is 0.200. The maximum absolute atomic E-state index is 12.9. The number of hydrogen-bond acceptors (Lipinski definition) is 3. The number of carbonyl (C=O) groups is 2. The van der Waals surface area contributed by atoms with Crippen molar-refractivity contribution >= 4 is 11.8 Å². The molecule has 0 spiro atoms. The van der Waals surface area contributed by atoms with E-state index in [2.05, 4.69) is 0 Å². The van der Waals surface area contributed by atoms with E-state index in [0.29, 0.717) is 6.42 Å². The van der Waals surface area contributed by atoms with Gasteiger partial charge in [-0.15, -0.1) is 0 Å². The first-order chi connectivity index (χ1) is 13.7. The lowest BCUT2D eigenvalue weighted by molar-refractivity contribution is -0.152. The lowest BCUT2D eigenvalue weighted by atomic mass is 9.80. The number of rotatable bonds is 5. The summed E-state index contributed by atoms with van der Waals surface area (Å²) in [7, 11) is 0. The Balaban J connectivity index is 1.62. The predicted octanol–water partition coefficient (Wildman–Crippen LogP) is 4.89. The zero-order chi connectivity index (χ0) is 19.3. The van der Waals surface area contributed by atoms with Gasteiger partial charge in [0, 0.05) is 12.3 Å². The minimum Gasteiger partial charge on any atom is -0.460 e. The van der Waals surface area contributed by atoms with Crippen LogP contribution in [0.25, 0.3) is 0 Å². The van der Waals surface area contributed by atoms with Crippen LogP contribution in [0.5, 0.6) is 0 Å². The van der Waals surface area contributed by atoms with E-state index in [0.717, 1.165) is 16.7 Å². The molecule has 0 heterocycles. The highest BCUT2D eigenvalue weighted by atomic mass is 16.5. The van der Waals surface area contributed by atoms with Crippen LogP contribution in [-0.4, -0.2) is 11.8 Å². The minimum absolute atomic E-state index is 0.0228. The fourth-order valence-corrected chi connectivity index (χ4v) is 4.13. The van der Waals surface area contributed by atoms with Gasteiger partial charge in [-0.3, -0.25) is 9.59 Å². The fourth-order valence-electron chi connectivity index (χ4n) is 4.13. The molecule has 0 aromatic heterocycles. The number of ketones is 1. The molecule has 1 aliphatic rings. The summed E-state index contributed by atoms with van der Waals surface area (Å²) in [4.78, 5) is 25.8. The number of carbonyl (C=O) groups excluding carboxylic acids is 2. The van der Waals surface area contributed by atoms with Gasteiger partial charge in [0.1, 0.15) is 18.3 Å². The number of Topliss-reactive ketones (excluding diaryl/α,β-unsaturated/α-hetero) is 1. The first kappa shape index (κ1) is 18.2. The van der Waals surface area contributed by atoms with Gasteiger partial charge in [-0.25, -0.2) is 0 Å². The second-order valence-corrected chi connectivity index (χ2v) is 7.20. The van der Waals surface area contributed by atoms with E-state index >= 15 is 0 Å². The van der Waals surface area contributed by atoms with E-state index in [9.17, 15) is 9.59 Å². The lowest BCUT2D eigenvalue weighted by Crippen LogP contribution is -2.27.